The maximum Gasteiger partial charge on any atom is 0.277 e. The number of fused-ring (bicyclic) bond motifs is 3. The van der Waals surface area contributed by atoms with Crippen molar-refractivity contribution in [3.63, 3.8) is 0 Å². The van der Waals surface area contributed by atoms with E-state index < -0.39 is 23.1 Å². The first kappa shape index (κ1) is 21.5. The van der Waals surface area contributed by atoms with Gasteiger partial charge < -0.3 is 14.7 Å². The number of rotatable bonds is 4. The van der Waals surface area contributed by atoms with Crippen LogP contribution in [0.15, 0.2) is 64.4 Å². The predicted octanol–water partition coefficient (Wildman–Crippen LogP) is 3.09. The molecule has 7 nitrogen and oxygen atoms in total. The minimum Gasteiger partial charge on any atom is -0.502 e. The Morgan fingerprint density at radius 2 is 1.91 bits per heavy atom. The Labute approximate surface area is 194 Å². The lowest BCUT2D eigenvalue weighted by atomic mass is 9.94. The average molecular weight is 468 g/mol. The molecule has 0 radical (unpaired) electrons. The number of pyridine rings is 1. The molecule has 1 N–H and O–H groups in total. The molecule has 3 heterocycles. The lowest BCUT2D eigenvalue weighted by molar-refractivity contribution is 0.0614. The number of amides is 1. The van der Waals surface area contributed by atoms with Crippen molar-refractivity contribution in [2.24, 2.45) is 0 Å². The summed E-state index contributed by atoms with van der Waals surface area (Å²) in [4.78, 5) is 27.5. The number of hydrogen-bond donors (Lipinski definition) is 1. The summed E-state index contributed by atoms with van der Waals surface area (Å²) < 4.78 is 21.6. The molecule has 33 heavy (non-hydrogen) atoms. The topological polar surface area (TPSA) is 75.0 Å². The number of thioether (sulfide) groups is 1. The molecule has 0 fully saturated rings. The molecule has 170 valence electrons. The molecule has 5 rings (SSSR count). The van der Waals surface area contributed by atoms with E-state index in [1.165, 1.54) is 39.7 Å². The van der Waals surface area contributed by atoms with E-state index >= 15 is 0 Å². The molecule has 1 aromatic heterocycles. The molecule has 2 aliphatic rings. The van der Waals surface area contributed by atoms with Gasteiger partial charge in [0.2, 0.25) is 5.43 Å². The van der Waals surface area contributed by atoms with E-state index in [-0.39, 0.29) is 24.7 Å². The Hall–Kier alpha value is -3.30. The summed E-state index contributed by atoms with van der Waals surface area (Å²) in [5.74, 6) is -0.773. The standard InChI is InChI=1S/C24H22FN3O4S/c1-32-12-11-26-14-28(27-10-9-19(29)22(30)21(27)24(26)31)20-16-6-3-2-5-15(16)13-33-23-17(20)7-4-8-18(23)25/h2-10,20,30H,11-14H2,1H3. The zero-order valence-corrected chi connectivity index (χ0v) is 18.7. The van der Waals surface area contributed by atoms with Crippen LogP contribution in [0.4, 0.5) is 4.39 Å². The van der Waals surface area contributed by atoms with Gasteiger partial charge in [-0.1, -0.05) is 36.4 Å². The Kier molecular flexibility index (Phi) is 5.59. The summed E-state index contributed by atoms with van der Waals surface area (Å²) in [6.45, 7) is 0.727. The molecule has 1 atom stereocenters. The zero-order valence-electron chi connectivity index (χ0n) is 17.9. The highest BCUT2D eigenvalue weighted by molar-refractivity contribution is 7.98. The molecule has 0 spiro atoms. The van der Waals surface area contributed by atoms with Gasteiger partial charge in [0.05, 0.1) is 12.6 Å². The van der Waals surface area contributed by atoms with Gasteiger partial charge in [-0.2, -0.15) is 0 Å². The van der Waals surface area contributed by atoms with Gasteiger partial charge >= 0.3 is 0 Å². The molecule has 2 aromatic carbocycles. The summed E-state index contributed by atoms with van der Waals surface area (Å²) >= 11 is 1.44. The zero-order chi connectivity index (χ0) is 23.1. The monoisotopic (exact) mass is 467 g/mol. The quantitative estimate of drug-likeness (QED) is 0.636. The van der Waals surface area contributed by atoms with Crippen molar-refractivity contribution in [2.45, 2.75) is 16.7 Å². The second-order valence-electron chi connectivity index (χ2n) is 7.91. The number of aromatic hydroxyl groups is 1. The van der Waals surface area contributed by atoms with Gasteiger partial charge in [0.1, 0.15) is 12.5 Å². The lowest BCUT2D eigenvalue weighted by Crippen LogP contribution is -2.56. The number of halogens is 1. The molecule has 0 saturated carbocycles. The second-order valence-corrected chi connectivity index (χ2v) is 8.90. The Morgan fingerprint density at radius 1 is 1.12 bits per heavy atom. The molecule has 0 saturated heterocycles. The number of methoxy groups -OCH3 is 1. The lowest BCUT2D eigenvalue weighted by Gasteiger charge is -2.44. The molecular weight excluding hydrogens is 445 g/mol. The molecule has 3 aromatic rings. The Balaban J connectivity index is 1.76. The Morgan fingerprint density at radius 3 is 2.73 bits per heavy atom. The maximum absolute atomic E-state index is 14.9. The summed E-state index contributed by atoms with van der Waals surface area (Å²) in [6.07, 6.45) is 1.49. The van der Waals surface area contributed by atoms with Crippen molar-refractivity contribution < 1.29 is 19.0 Å². The number of carbonyl (C=O) groups is 1. The van der Waals surface area contributed by atoms with Gasteiger partial charge in [-0.05, 0) is 22.8 Å². The van der Waals surface area contributed by atoms with E-state index in [2.05, 4.69) is 0 Å². The van der Waals surface area contributed by atoms with Crippen LogP contribution in [0, 0.1) is 5.82 Å². The molecule has 9 heteroatoms. The van der Waals surface area contributed by atoms with Crippen molar-refractivity contribution in [3.8, 4) is 5.75 Å². The summed E-state index contributed by atoms with van der Waals surface area (Å²) in [5, 5.41) is 12.4. The van der Waals surface area contributed by atoms with E-state index in [1.54, 1.807) is 13.2 Å². The van der Waals surface area contributed by atoms with E-state index in [0.29, 0.717) is 17.3 Å². The highest BCUT2D eigenvalue weighted by Crippen LogP contribution is 2.43. The third kappa shape index (κ3) is 3.57. The first-order valence-corrected chi connectivity index (χ1v) is 11.5. The minimum atomic E-state index is -0.633. The van der Waals surface area contributed by atoms with Gasteiger partial charge in [0.25, 0.3) is 5.91 Å². The molecule has 2 aliphatic heterocycles. The number of ether oxygens (including phenoxy) is 1. The van der Waals surface area contributed by atoms with Gasteiger partial charge in [-0.3, -0.25) is 19.3 Å². The van der Waals surface area contributed by atoms with Crippen molar-refractivity contribution in [2.75, 3.05) is 31.9 Å². The predicted molar refractivity (Wildman–Crippen MR) is 123 cm³/mol. The fraction of sp³-hybridized carbons (Fsp3) is 0.250. The SMILES string of the molecule is COCCN1CN(C2c3ccccc3CSc3c(F)cccc32)n2ccc(=O)c(O)c2C1=O. The number of aromatic nitrogens is 1. The van der Waals surface area contributed by atoms with E-state index in [4.69, 9.17) is 4.74 Å². The summed E-state index contributed by atoms with van der Waals surface area (Å²) in [7, 11) is 1.54. The van der Waals surface area contributed by atoms with Crippen LogP contribution in [0.1, 0.15) is 33.2 Å². The van der Waals surface area contributed by atoms with E-state index in [1.807, 2.05) is 35.3 Å². The highest BCUT2D eigenvalue weighted by atomic mass is 32.2. The van der Waals surface area contributed by atoms with Crippen LogP contribution in [-0.4, -0.2) is 47.5 Å². The van der Waals surface area contributed by atoms with Crippen molar-refractivity contribution in [3.05, 3.63) is 93.2 Å². The van der Waals surface area contributed by atoms with Crippen LogP contribution in [0.25, 0.3) is 0 Å². The number of nitrogens with zero attached hydrogens (tertiary/aromatic N) is 3. The largest absolute Gasteiger partial charge is 0.502 e. The van der Waals surface area contributed by atoms with Gasteiger partial charge in [-0.25, -0.2) is 4.39 Å². The second kappa shape index (κ2) is 8.57. The van der Waals surface area contributed by atoms with Crippen LogP contribution in [0.3, 0.4) is 0 Å². The first-order valence-electron chi connectivity index (χ1n) is 10.5. The molecular formula is C24H22FN3O4S. The minimum absolute atomic E-state index is 0.114. The van der Waals surface area contributed by atoms with Crippen LogP contribution in [0.2, 0.25) is 0 Å². The van der Waals surface area contributed by atoms with Gasteiger partial charge in [0, 0.05) is 36.6 Å². The number of benzene rings is 2. The Bertz CT molecular complexity index is 1290. The van der Waals surface area contributed by atoms with Crippen LogP contribution < -0.4 is 10.4 Å². The molecule has 1 unspecified atom stereocenters. The molecule has 0 bridgehead atoms. The summed E-state index contributed by atoms with van der Waals surface area (Å²) in [6, 6.07) is 13.7. The van der Waals surface area contributed by atoms with Gasteiger partial charge in [-0.15, -0.1) is 11.8 Å². The third-order valence-electron chi connectivity index (χ3n) is 6.01. The maximum atomic E-state index is 14.9. The van der Waals surface area contributed by atoms with E-state index in [9.17, 15) is 19.1 Å². The van der Waals surface area contributed by atoms with Crippen molar-refractivity contribution in [1.82, 2.24) is 9.58 Å². The fourth-order valence-electron chi connectivity index (χ4n) is 4.43. The van der Waals surface area contributed by atoms with Crippen LogP contribution >= 0.6 is 11.8 Å². The molecule has 1 amide bonds. The fourth-order valence-corrected chi connectivity index (χ4v) is 5.55. The van der Waals surface area contributed by atoms with Gasteiger partial charge in [0.15, 0.2) is 11.4 Å². The summed E-state index contributed by atoms with van der Waals surface area (Å²) in [5.41, 5.74) is 2.04. The smallest absolute Gasteiger partial charge is 0.277 e. The average Bonchev–Trinajstić information content (AvgIpc) is 2.98. The van der Waals surface area contributed by atoms with Crippen LogP contribution in [-0.2, 0) is 10.5 Å². The van der Waals surface area contributed by atoms with Crippen molar-refractivity contribution >= 4 is 17.7 Å². The van der Waals surface area contributed by atoms with Crippen LogP contribution in [0.5, 0.6) is 5.75 Å². The van der Waals surface area contributed by atoms with E-state index in [0.717, 1.165) is 16.7 Å². The third-order valence-corrected chi connectivity index (χ3v) is 7.19. The molecule has 0 aliphatic carbocycles. The number of carbonyl (C=O) groups excluding carboxylic acids is 1. The normalized spacial score (nSPS) is 17.3. The number of hydrogen-bond acceptors (Lipinski definition) is 6. The first-order chi connectivity index (χ1) is 16.0. The van der Waals surface area contributed by atoms with Crippen molar-refractivity contribution in [1.29, 1.82) is 0 Å². The highest BCUT2D eigenvalue weighted by Gasteiger charge is 2.38.